The van der Waals surface area contributed by atoms with Crippen LogP contribution in [0.5, 0.6) is 5.75 Å². The summed E-state index contributed by atoms with van der Waals surface area (Å²) in [6, 6.07) is 9.15. The van der Waals surface area contributed by atoms with Gasteiger partial charge in [0.05, 0.1) is 16.2 Å². The van der Waals surface area contributed by atoms with Gasteiger partial charge in [0.25, 0.3) is 0 Å². The minimum absolute atomic E-state index is 0.123. The molecule has 2 aromatic rings. The van der Waals surface area contributed by atoms with Crippen LogP contribution in [0.15, 0.2) is 41.4 Å². The average Bonchev–Trinajstić information content (AvgIpc) is 2.64. The number of hydrogen-bond acceptors (Lipinski definition) is 4. The summed E-state index contributed by atoms with van der Waals surface area (Å²) in [5.74, 6) is 0.435. The lowest BCUT2D eigenvalue weighted by Gasteiger charge is -2.27. The van der Waals surface area contributed by atoms with Crippen LogP contribution in [0.3, 0.4) is 0 Å². The summed E-state index contributed by atoms with van der Waals surface area (Å²) < 4.78 is 11.6. The van der Waals surface area contributed by atoms with Crippen LogP contribution in [0.1, 0.15) is 68.6 Å². The molecule has 0 amide bonds. The third-order valence-electron chi connectivity index (χ3n) is 5.11. The van der Waals surface area contributed by atoms with Crippen LogP contribution in [0.2, 0.25) is 0 Å². The van der Waals surface area contributed by atoms with Crippen molar-refractivity contribution >= 4 is 28.1 Å². The molecule has 0 saturated heterocycles. The van der Waals surface area contributed by atoms with Crippen molar-refractivity contribution in [2.75, 3.05) is 5.88 Å². The third-order valence-corrected chi connectivity index (χ3v) is 6.01. The van der Waals surface area contributed by atoms with Crippen LogP contribution in [0.25, 0.3) is 11.5 Å². The van der Waals surface area contributed by atoms with Crippen LogP contribution in [0.4, 0.5) is 0 Å². The van der Waals surface area contributed by atoms with E-state index >= 15 is 0 Å². The maximum absolute atomic E-state index is 12.8. The topological polar surface area (TPSA) is 66.7 Å². The number of hydrogen-bond donors (Lipinski definition) is 1. The van der Waals surface area contributed by atoms with Crippen LogP contribution in [0, 0.1) is 0 Å². The Morgan fingerprint density at radius 2 is 1.63 bits per heavy atom. The number of carbonyl (C=O) groups excluding carboxylic acids is 1. The number of ketones is 1. The van der Waals surface area contributed by atoms with E-state index in [2.05, 4.69) is 46.5 Å². The Hall–Kier alpha value is -2.53. The first kappa shape index (κ1) is 22.2. The van der Waals surface area contributed by atoms with Crippen molar-refractivity contribution in [2.24, 2.45) is 4.99 Å². The quantitative estimate of drug-likeness (QED) is 0.600. The lowest BCUT2D eigenvalue weighted by atomic mass is 9.78. The Morgan fingerprint density at radius 3 is 2.20 bits per heavy atom. The zero-order valence-electron chi connectivity index (χ0n) is 18.4. The summed E-state index contributed by atoms with van der Waals surface area (Å²) >= 11 is 0. The van der Waals surface area contributed by atoms with Crippen LogP contribution < -0.4 is 10.6 Å². The highest BCUT2D eigenvalue weighted by atomic mass is 32.2. The molecule has 0 radical (unpaired) electrons. The fraction of sp³-hybridized carbons (Fsp3) is 0.360. The molecule has 1 aliphatic heterocycles. The van der Waals surface area contributed by atoms with Gasteiger partial charge in [-0.25, -0.2) is 0 Å². The minimum atomic E-state index is -1.08. The van der Waals surface area contributed by atoms with E-state index in [1.807, 2.05) is 12.1 Å². The SMILES string of the molecule is CC(C)(C)c1cc(C=CC(=O)c2ccc3c(c2)=NCS(=O)C=3)cc(C(C)(C)C)c1O. The van der Waals surface area contributed by atoms with Gasteiger partial charge in [-0.15, -0.1) is 0 Å². The van der Waals surface area contributed by atoms with E-state index in [0.29, 0.717) is 16.7 Å². The number of allylic oxidation sites excluding steroid dienone is 1. The van der Waals surface area contributed by atoms with Crippen molar-refractivity contribution in [3.8, 4) is 5.75 Å². The van der Waals surface area contributed by atoms with Gasteiger partial charge in [-0.05, 0) is 40.7 Å². The molecule has 0 aliphatic carbocycles. The summed E-state index contributed by atoms with van der Waals surface area (Å²) in [6.07, 6.45) is 3.35. The largest absolute Gasteiger partial charge is 0.507 e. The van der Waals surface area contributed by atoms with Gasteiger partial charge in [0.1, 0.15) is 11.6 Å². The Bertz CT molecular complexity index is 1140. The third kappa shape index (κ3) is 4.78. The maximum atomic E-state index is 12.8. The smallest absolute Gasteiger partial charge is 0.185 e. The zero-order valence-corrected chi connectivity index (χ0v) is 19.3. The standard InChI is InChI=1S/C25H29NO3S/c1-24(2,3)19-11-16(12-20(23(19)28)25(4,5)6)7-10-22(27)17-8-9-18-14-30(29)15-26-21(18)13-17/h7-14,28H,15H2,1-6H3. The van der Waals surface area contributed by atoms with E-state index in [9.17, 15) is 14.1 Å². The van der Waals surface area contributed by atoms with E-state index in [0.717, 1.165) is 21.9 Å². The van der Waals surface area contributed by atoms with Crippen molar-refractivity contribution in [3.63, 3.8) is 0 Å². The molecule has 1 N–H and O–H groups in total. The molecule has 5 heteroatoms. The highest BCUT2D eigenvalue weighted by molar-refractivity contribution is 7.92. The second kappa shape index (κ2) is 7.95. The molecular weight excluding hydrogens is 394 g/mol. The normalized spacial score (nSPS) is 16.7. The molecule has 1 atom stereocenters. The summed E-state index contributed by atoms with van der Waals surface area (Å²) in [5.41, 5.74) is 2.68. The van der Waals surface area contributed by atoms with Crippen LogP contribution in [-0.4, -0.2) is 21.0 Å². The Labute approximate surface area is 180 Å². The molecule has 1 unspecified atom stereocenters. The molecule has 1 heterocycles. The van der Waals surface area contributed by atoms with E-state index in [4.69, 9.17) is 0 Å². The van der Waals surface area contributed by atoms with Crippen LogP contribution in [-0.2, 0) is 21.6 Å². The number of rotatable bonds is 3. The van der Waals surface area contributed by atoms with Gasteiger partial charge in [0, 0.05) is 27.3 Å². The molecule has 3 rings (SSSR count). The van der Waals surface area contributed by atoms with Gasteiger partial charge in [0.15, 0.2) is 5.78 Å². The monoisotopic (exact) mass is 423 g/mol. The number of phenols is 1. The Morgan fingerprint density at radius 1 is 1.03 bits per heavy atom. The lowest BCUT2D eigenvalue weighted by Crippen LogP contribution is -2.30. The highest BCUT2D eigenvalue weighted by Crippen LogP contribution is 2.40. The predicted octanol–water partition coefficient (Wildman–Crippen LogP) is 3.96. The molecule has 4 nitrogen and oxygen atoms in total. The Balaban J connectivity index is 1.99. The molecule has 0 aromatic heterocycles. The van der Waals surface area contributed by atoms with E-state index in [1.54, 1.807) is 35.8 Å². The number of benzene rings is 2. The van der Waals surface area contributed by atoms with Gasteiger partial charge in [-0.3, -0.25) is 14.0 Å². The van der Waals surface area contributed by atoms with Crippen LogP contribution >= 0.6 is 0 Å². The molecule has 0 fully saturated rings. The average molecular weight is 424 g/mol. The number of phenolic OH excluding ortho intramolecular Hbond substituents is 1. The second-order valence-corrected chi connectivity index (χ2v) is 11.0. The zero-order chi connectivity index (χ0) is 22.3. The summed E-state index contributed by atoms with van der Waals surface area (Å²) in [6.45, 7) is 12.4. The molecule has 158 valence electrons. The van der Waals surface area contributed by atoms with Crippen molar-refractivity contribution < 1.29 is 14.1 Å². The molecule has 2 aromatic carbocycles. The van der Waals surface area contributed by atoms with E-state index < -0.39 is 10.8 Å². The molecule has 30 heavy (non-hydrogen) atoms. The molecular formula is C25H29NO3S. The first-order valence-corrected chi connectivity index (χ1v) is 11.4. The molecule has 0 spiro atoms. The van der Waals surface area contributed by atoms with Gasteiger partial charge < -0.3 is 5.11 Å². The minimum Gasteiger partial charge on any atom is -0.507 e. The number of aromatic hydroxyl groups is 1. The fourth-order valence-electron chi connectivity index (χ4n) is 3.41. The van der Waals surface area contributed by atoms with Gasteiger partial charge in [0.2, 0.25) is 0 Å². The first-order valence-electron chi connectivity index (χ1n) is 10.0. The highest BCUT2D eigenvalue weighted by Gasteiger charge is 2.26. The maximum Gasteiger partial charge on any atom is 0.185 e. The van der Waals surface area contributed by atoms with Crippen molar-refractivity contribution in [1.29, 1.82) is 0 Å². The Kier molecular flexibility index (Phi) is 5.87. The summed E-state index contributed by atoms with van der Waals surface area (Å²) in [4.78, 5) is 17.0. The van der Waals surface area contributed by atoms with Gasteiger partial charge in [-0.2, -0.15) is 0 Å². The van der Waals surface area contributed by atoms with E-state index in [-0.39, 0.29) is 22.5 Å². The van der Waals surface area contributed by atoms with Gasteiger partial charge in [-0.1, -0.05) is 59.8 Å². The van der Waals surface area contributed by atoms with Gasteiger partial charge >= 0.3 is 0 Å². The molecule has 0 saturated carbocycles. The number of carbonyl (C=O) groups is 1. The second-order valence-electron chi connectivity index (χ2n) is 9.72. The predicted molar refractivity (Wildman–Crippen MR) is 124 cm³/mol. The fourth-order valence-corrected chi connectivity index (χ4v) is 4.23. The summed E-state index contributed by atoms with van der Waals surface area (Å²) in [7, 11) is -1.08. The summed E-state index contributed by atoms with van der Waals surface area (Å²) in [5, 5.41) is 14.0. The molecule has 1 aliphatic rings. The number of fused-ring (bicyclic) bond motifs is 1. The van der Waals surface area contributed by atoms with E-state index in [1.165, 1.54) is 0 Å². The first-order chi connectivity index (χ1) is 13.9. The van der Waals surface area contributed by atoms with Crippen molar-refractivity contribution in [1.82, 2.24) is 0 Å². The lowest BCUT2D eigenvalue weighted by molar-refractivity contribution is 0.104. The number of nitrogens with zero attached hydrogens (tertiary/aromatic N) is 1. The molecule has 0 bridgehead atoms. The van der Waals surface area contributed by atoms with Crippen molar-refractivity contribution in [2.45, 2.75) is 52.4 Å². The van der Waals surface area contributed by atoms with Crippen molar-refractivity contribution in [3.05, 3.63) is 69.2 Å².